The third kappa shape index (κ3) is 5.42. The topological polar surface area (TPSA) is 119 Å². The van der Waals surface area contributed by atoms with Gasteiger partial charge in [0.2, 0.25) is 5.91 Å². The Morgan fingerprint density at radius 1 is 1.32 bits per heavy atom. The molecule has 0 bridgehead atoms. The van der Waals surface area contributed by atoms with E-state index in [2.05, 4.69) is 10.6 Å². The molecule has 3 amide bonds. The fourth-order valence-electron chi connectivity index (χ4n) is 1.74. The molecule has 1 aromatic rings. The van der Waals surface area contributed by atoms with Crippen molar-refractivity contribution in [3.05, 3.63) is 18.2 Å². The molecular formula is C14H23ClN4O3. The fourth-order valence-corrected chi connectivity index (χ4v) is 1.74. The number of nitrogens with one attached hydrogen (secondary N) is 2. The molecule has 0 aliphatic rings. The second-order valence-corrected chi connectivity index (χ2v) is 4.80. The second-order valence-electron chi connectivity index (χ2n) is 4.80. The van der Waals surface area contributed by atoms with Crippen LogP contribution in [-0.2, 0) is 4.79 Å². The first kappa shape index (κ1) is 20.0. The molecule has 2 atom stereocenters. The lowest BCUT2D eigenvalue weighted by Gasteiger charge is -2.18. The zero-order chi connectivity index (χ0) is 16.0. The van der Waals surface area contributed by atoms with Crippen molar-refractivity contribution in [1.29, 1.82) is 0 Å². The smallest absolute Gasteiger partial charge is 0.316 e. The summed E-state index contributed by atoms with van der Waals surface area (Å²) in [5.74, 6) is 0.216. The molecular weight excluding hydrogens is 308 g/mol. The quantitative estimate of drug-likeness (QED) is 0.637. The lowest BCUT2D eigenvalue weighted by molar-refractivity contribution is -0.118. The van der Waals surface area contributed by atoms with E-state index < -0.39 is 12.1 Å². The maximum Gasteiger partial charge on any atom is 0.316 e. The van der Waals surface area contributed by atoms with Crippen LogP contribution in [0.2, 0.25) is 0 Å². The molecule has 0 radical (unpaired) electrons. The number of hydrogen-bond donors (Lipinski definition) is 4. The van der Waals surface area contributed by atoms with Gasteiger partial charge in [-0.25, -0.2) is 4.79 Å². The molecule has 0 spiro atoms. The van der Waals surface area contributed by atoms with Crippen LogP contribution >= 0.6 is 12.4 Å². The van der Waals surface area contributed by atoms with Gasteiger partial charge in [-0.1, -0.05) is 20.3 Å². The lowest BCUT2D eigenvalue weighted by atomic mass is 9.99. The Bertz CT molecular complexity index is 525. The minimum Gasteiger partial charge on any atom is -0.494 e. The third-order valence-corrected chi connectivity index (χ3v) is 3.29. The molecule has 1 aromatic carbocycles. The number of rotatable bonds is 6. The molecule has 8 heteroatoms. The number of halogens is 1. The molecule has 0 aliphatic carbocycles. The van der Waals surface area contributed by atoms with Gasteiger partial charge in [0, 0.05) is 11.8 Å². The normalized spacial score (nSPS) is 12.5. The number of carbonyl (C=O) groups is 2. The largest absolute Gasteiger partial charge is 0.494 e. The van der Waals surface area contributed by atoms with E-state index in [4.69, 9.17) is 16.2 Å². The summed E-state index contributed by atoms with van der Waals surface area (Å²) in [5, 5.41) is 5.16. The van der Waals surface area contributed by atoms with Crippen molar-refractivity contribution in [2.75, 3.05) is 17.7 Å². The number of urea groups is 1. The summed E-state index contributed by atoms with van der Waals surface area (Å²) < 4.78 is 5.14. The third-order valence-electron chi connectivity index (χ3n) is 3.29. The van der Waals surface area contributed by atoms with Crippen molar-refractivity contribution >= 4 is 35.7 Å². The Hall–Kier alpha value is -1.99. The minimum atomic E-state index is -0.691. The molecule has 0 aromatic heterocycles. The van der Waals surface area contributed by atoms with Crippen LogP contribution in [-0.4, -0.2) is 25.1 Å². The SMILES string of the molecule is CCC(C)C(N)C(=O)Nc1ccc(NC(N)=O)c(OC)c1.Cl. The van der Waals surface area contributed by atoms with Gasteiger partial charge in [0.15, 0.2) is 0 Å². The van der Waals surface area contributed by atoms with Crippen molar-refractivity contribution < 1.29 is 14.3 Å². The summed E-state index contributed by atoms with van der Waals surface area (Å²) in [6.07, 6.45) is 0.819. The number of amides is 3. The van der Waals surface area contributed by atoms with Crippen LogP contribution in [0.4, 0.5) is 16.2 Å². The zero-order valence-electron chi connectivity index (χ0n) is 12.9. The average Bonchev–Trinajstić information content (AvgIpc) is 2.46. The van der Waals surface area contributed by atoms with E-state index in [1.54, 1.807) is 18.2 Å². The van der Waals surface area contributed by atoms with E-state index in [1.165, 1.54) is 7.11 Å². The van der Waals surface area contributed by atoms with Gasteiger partial charge >= 0.3 is 6.03 Å². The summed E-state index contributed by atoms with van der Waals surface area (Å²) in [6.45, 7) is 3.90. The summed E-state index contributed by atoms with van der Waals surface area (Å²) in [6, 6.07) is 3.54. The van der Waals surface area contributed by atoms with Crippen molar-refractivity contribution in [1.82, 2.24) is 0 Å². The Balaban J connectivity index is 0.00000441. The van der Waals surface area contributed by atoms with Crippen molar-refractivity contribution in [3.63, 3.8) is 0 Å². The molecule has 0 saturated carbocycles. The molecule has 0 aliphatic heterocycles. The molecule has 0 fully saturated rings. The van der Waals surface area contributed by atoms with E-state index in [1.807, 2.05) is 13.8 Å². The summed E-state index contributed by atoms with van der Waals surface area (Å²) in [4.78, 5) is 22.9. The molecule has 7 nitrogen and oxygen atoms in total. The Labute approximate surface area is 136 Å². The second kappa shape index (κ2) is 9.11. The maximum absolute atomic E-state index is 12.0. The fraction of sp³-hybridized carbons (Fsp3) is 0.429. The Morgan fingerprint density at radius 3 is 2.45 bits per heavy atom. The number of hydrogen-bond acceptors (Lipinski definition) is 4. The number of methoxy groups -OCH3 is 1. The van der Waals surface area contributed by atoms with Gasteiger partial charge in [-0.05, 0) is 18.1 Å². The average molecular weight is 331 g/mol. The predicted octanol–water partition coefficient (Wildman–Crippen LogP) is 1.92. The summed E-state index contributed by atoms with van der Waals surface area (Å²) >= 11 is 0. The first-order valence-electron chi connectivity index (χ1n) is 6.70. The van der Waals surface area contributed by atoms with Crippen LogP contribution in [0.1, 0.15) is 20.3 Å². The molecule has 22 heavy (non-hydrogen) atoms. The van der Waals surface area contributed by atoms with E-state index in [-0.39, 0.29) is 24.2 Å². The minimum absolute atomic E-state index is 0. The number of carbonyl (C=O) groups excluding carboxylic acids is 2. The van der Waals surface area contributed by atoms with Crippen LogP contribution in [0.15, 0.2) is 18.2 Å². The van der Waals surface area contributed by atoms with E-state index in [0.29, 0.717) is 17.1 Å². The number of nitrogens with two attached hydrogens (primary N) is 2. The van der Waals surface area contributed by atoms with Crippen LogP contribution in [0.3, 0.4) is 0 Å². The van der Waals surface area contributed by atoms with Crippen LogP contribution < -0.4 is 26.8 Å². The number of ether oxygens (including phenoxy) is 1. The maximum atomic E-state index is 12.0. The van der Waals surface area contributed by atoms with Crippen LogP contribution in [0.5, 0.6) is 5.75 Å². The van der Waals surface area contributed by atoms with Crippen molar-refractivity contribution in [2.45, 2.75) is 26.3 Å². The Morgan fingerprint density at radius 2 is 1.95 bits per heavy atom. The van der Waals surface area contributed by atoms with E-state index in [9.17, 15) is 9.59 Å². The van der Waals surface area contributed by atoms with Gasteiger partial charge in [-0.3, -0.25) is 4.79 Å². The number of anilines is 2. The molecule has 2 unspecified atom stereocenters. The van der Waals surface area contributed by atoms with Gasteiger partial charge in [0.05, 0.1) is 18.8 Å². The molecule has 0 heterocycles. The van der Waals surface area contributed by atoms with Gasteiger partial charge in [0.1, 0.15) is 5.75 Å². The molecule has 124 valence electrons. The summed E-state index contributed by atoms with van der Waals surface area (Å²) in [5.41, 5.74) is 11.9. The van der Waals surface area contributed by atoms with Crippen molar-refractivity contribution in [3.8, 4) is 5.75 Å². The van der Waals surface area contributed by atoms with Crippen LogP contribution in [0, 0.1) is 5.92 Å². The highest BCUT2D eigenvalue weighted by atomic mass is 35.5. The summed E-state index contributed by atoms with van der Waals surface area (Å²) in [7, 11) is 1.46. The standard InChI is InChI=1S/C14H22N4O3.ClH/c1-4-8(2)12(15)13(19)17-9-5-6-10(18-14(16)20)11(7-9)21-3;/h5-8,12H,4,15H2,1-3H3,(H,17,19)(H3,16,18,20);1H. The predicted molar refractivity (Wildman–Crippen MR) is 89.5 cm³/mol. The van der Waals surface area contributed by atoms with Gasteiger partial charge in [0.25, 0.3) is 0 Å². The highest BCUT2D eigenvalue weighted by Crippen LogP contribution is 2.28. The van der Waals surface area contributed by atoms with E-state index in [0.717, 1.165) is 6.42 Å². The number of benzene rings is 1. The van der Waals surface area contributed by atoms with Crippen LogP contribution in [0.25, 0.3) is 0 Å². The molecule has 1 rings (SSSR count). The van der Waals surface area contributed by atoms with E-state index >= 15 is 0 Å². The zero-order valence-corrected chi connectivity index (χ0v) is 13.7. The number of primary amides is 1. The van der Waals surface area contributed by atoms with Crippen molar-refractivity contribution in [2.24, 2.45) is 17.4 Å². The first-order chi connectivity index (χ1) is 9.88. The monoisotopic (exact) mass is 330 g/mol. The van der Waals surface area contributed by atoms with Gasteiger partial charge < -0.3 is 26.8 Å². The first-order valence-corrected chi connectivity index (χ1v) is 6.70. The molecule has 6 N–H and O–H groups in total. The molecule has 0 saturated heterocycles. The Kier molecular flexibility index (Phi) is 8.29. The lowest BCUT2D eigenvalue weighted by Crippen LogP contribution is -2.40. The van der Waals surface area contributed by atoms with Gasteiger partial charge in [-0.2, -0.15) is 0 Å². The van der Waals surface area contributed by atoms with Gasteiger partial charge in [-0.15, -0.1) is 12.4 Å². The highest BCUT2D eigenvalue weighted by molar-refractivity contribution is 5.96. The highest BCUT2D eigenvalue weighted by Gasteiger charge is 2.19.